The summed E-state index contributed by atoms with van der Waals surface area (Å²) >= 11 is 0. The SMILES string of the molecule is COc1cc(NCc2ccc3ncccc3c2)ccc1F. The smallest absolute Gasteiger partial charge is 0.165 e. The molecule has 0 atom stereocenters. The van der Waals surface area contributed by atoms with Crippen LogP contribution in [0.25, 0.3) is 10.9 Å². The van der Waals surface area contributed by atoms with Crippen LogP contribution in [-0.2, 0) is 6.54 Å². The van der Waals surface area contributed by atoms with Crippen LogP contribution in [0.2, 0.25) is 0 Å². The van der Waals surface area contributed by atoms with Gasteiger partial charge in [-0.1, -0.05) is 12.1 Å². The van der Waals surface area contributed by atoms with Gasteiger partial charge in [0.05, 0.1) is 12.6 Å². The van der Waals surface area contributed by atoms with E-state index >= 15 is 0 Å². The minimum Gasteiger partial charge on any atom is -0.494 e. The second kappa shape index (κ2) is 5.79. The van der Waals surface area contributed by atoms with Gasteiger partial charge in [-0.2, -0.15) is 0 Å². The van der Waals surface area contributed by atoms with E-state index in [2.05, 4.69) is 16.4 Å². The van der Waals surface area contributed by atoms with Crippen molar-refractivity contribution in [1.29, 1.82) is 0 Å². The van der Waals surface area contributed by atoms with Gasteiger partial charge in [0.15, 0.2) is 11.6 Å². The lowest BCUT2D eigenvalue weighted by Crippen LogP contribution is -2.00. The molecule has 21 heavy (non-hydrogen) atoms. The average molecular weight is 282 g/mol. The zero-order valence-electron chi connectivity index (χ0n) is 11.6. The van der Waals surface area contributed by atoms with E-state index in [0.29, 0.717) is 6.54 Å². The number of pyridine rings is 1. The number of benzene rings is 2. The van der Waals surface area contributed by atoms with Gasteiger partial charge < -0.3 is 10.1 Å². The highest BCUT2D eigenvalue weighted by molar-refractivity contribution is 5.79. The minimum atomic E-state index is -0.361. The number of hydrogen-bond donors (Lipinski definition) is 1. The Balaban J connectivity index is 1.76. The van der Waals surface area contributed by atoms with Crippen molar-refractivity contribution in [3.63, 3.8) is 0 Å². The van der Waals surface area contributed by atoms with Crippen molar-refractivity contribution in [2.45, 2.75) is 6.54 Å². The Labute approximate surface area is 122 Å². The van der Waals surface area contributed by atoms with Crippen LogP contribution in [-0.4, -0.2) is 12.1 Å². The van der Waals surface area contributed by atoms with Crippen molar-refractivity contribution >= 4 is 16.6 Å². The molecule has 0 amide bonds. The van der Waals surface area contributed by atoms with Crippen molar-refractivity contribution in [2.75, 3.05) is 12.4 Å². The average Bonchev–Trinajstić information content (AvgIpc) is 2.54. The molecule has 106 valence electrons. The molecule has 0 saturated heterocycles. The number of anilines is 1. The molecule has 0 radical (unpaired) electrons. The Bertz CT molecular complexity index is 774. The topological polar surface area (TPSA) is 34.1 Å². The van der Waals surface area contributed by atoms with Crippen LogP contribution in [0.3, 0.4) is 0 Å². The molecule has 0 aliphatic rings. The summed E-state index contributed by atoms with van der Waals surface area (Å²) in [5.41, 5.74) is 2.93. The van der Waals surface area contributed by atoms with Crippen molar-refractivity contribution in [1.82, 2.24) is 4.98 Å². The zero-order valence-corrected chi connectivity index (χ0v) is 11.6. The molecular weight excluding hydrogens is 267 g/mol. The van der Waals surface area contributed by atoms with Crippen LogP contribution < -0.4 is 10.1 Å². The lowest BCUT2D eigenvalue weighted by Gasteiger charge is -2.09. The predicted octanol–water partition coefficient (Wildman–Crippen LogP) is 3.99. The molecule has 3 rings (SSSR count). The van der Waals surface area contributed by atoms with Gasteiger partial charge in [0.2, 0.25) is 0 Å². The number of fused-ring (bicyclic) bond motifs is 1. The summed E-state index contributed by atoms with van der Waals surface area (Å²) in [4.78, 5) is 4.29. The van der Waals surface area contributed by atoms with Gasteiger partial charge in [-0.15, -0.1) is 0 Å². The lowest BCUT2D eigenvalue weighted by molar-refractivity contribution is 0.387. The summed E-state index contributed by atoms with van der Waals surface area (Å²) in [6.07, 6.45) is 1.78. The fraction of sp³-hybridized carbons (Fsp3) is 0.118. The van der Waals surface area contributed by atoms with Gasteiger partial charge in [-0.05, 0) is 35.9 Å². The third-order valence-corrected chi connectivity index (χ3v) is 3.32. The third-order valence-electron chi connectivity index (χ3n) is 3.32. The Morgan fingerprint density at radius 3 is 2.90 bits per heavy atom. The molecule has 3 nitrogen and oxygen atoms in total. The van der Waals surface area contributed by atoms with E-state index in [1.165, 1.54) is 13.2 Å². The van der Waals surface area contributed by atoms with E-state index in [-0.39, 0.29) is 11.6 Å². The molecule has 1 heterocycles. The third kappa shape index (κ3) is 2.94. The van der Waals surface area contributed by atoms with Gasteiger partial charge in [0.1, 0.15) is 0 Å². The molecule has 0 spiro atoms. The van der Waals surface area contributed by atoms with Crippen LogP contribution in [0, 0.1) is 5.82 Å². The van der Waals surface area contributed by atoms with Gasteiger partial charge in [0, 0.05) is 29.9 Å². The van der Waals surface area contributed by atoms with Crippen molar-refractivity contribution in [2.24, 2.45) is 0 Å². The van der Waals surface area contributed by atoms with Crippen LogP contribution in [0.4, 0.5) is 10.1 Å². The summed E-state index contributed by atoms with van der Waals surface area (Å²) < 4.78 is 18.3. The zero-order chi connectivity index (χ0) is 14.7. The highest BCUT2D eigenvalue weighted by Gasteiger charge is 2.03. The molecule has 3 aromatic rings. The first-order chi connectivity index (χ1) is 10.3. The molecule has 0 saturated carbocycles. The summed E-state index contributed by atoms with van der Waals surface area (Å²) in [5.74, 6) is -0.123. The van der Waals surface area contributed by atoms with Crippen LogP contribution in [0.5, 0.6) is 5.75 Å². The lowest BCUT2D eigenvalue weighted by atomic mass is 10.1. The monoisotopic (exact) mass is 282 g/mol. The predicted molar refractivity (Wildman–Crippen MR) is 82.0 cm³/mol. The van der Waals surface area contributed by atoms with Crippen molar-refractivity contribution < 1.29 is 9.13 Å². The van der Waals surface area contributed by atoms with Gasteiger partial charge >= 0.3 is 0 Å². The normalized spacial score (nSPS) is 10.6. The highest BCUT2D eigenvalue weighted by atomic mass is 19.1. The molecule has 1 aromatic heterocycles. The van der Waals surface area contributed by atoms with E-state index in [4.69, 9.17) is 4.74 Å². The number of aromatic nitrogens is 1. The molecule has 1 N–H and O–H groups in total. The largest absolute Gasteiger partial charge is 0.494 e. The fourth-order valence-corrected chi connectivity index (χ4v) is 2.21. The maximum Gasteiger partial charge on any atom is 0.165 e. The molecule has 0 bridgehead atoms. The van der Waals surface area contributed by atoms with Crippen molar-refractivity contribution in [3.8, 4) is 5.75 Å². The summed E-state index contributed by atoms with van der Waals surface area (Å²) in [7, 11) is 1.46. The molecule has 2 aromatic carbocycles. The number of ether oxygens (including phenoxy) is 1. The van der Waals surface area contributed by atoms with E-state index in [9.17, 15) is 4.39 Å². The number of rotatable bonds is 4. The molecule has 4 heteroatoms. The Morgan fingerprint density at radius 1 is 1.14 bits per heavy atom. The number of methoxy groups -OCH3 is 1. The minimum absolute atomic E-state index is 0.239. The maximum atomic E-state index is 13.3. The standard InChI is InChI=1S/C17H15FN2O/c1-21-17-10-14(5-6-15(17)18)20-11-12-4-7-16-13(9-12)3-2-8-19-16/h2-10,20H,11H2,1H3. The maximum absolute atomic E-state index is 13.3. The Hall–Kier alpha value is -2.62. The number of halogens is 1. The second-order valence-corrected chi connectivity index (χ2v) is 4.73. The Kier molecular flexibility index (Phi) is 3.69. The number of nitrogens with zero attached hydrogens (tertiary/aromatic N) is 1. The van der Waals surface area contributed by atoms with Crippen LogP contribution >= 0.6 is 0 Å². The fourth-order valence-electron chi connectivity index (χ4n) is 2.21. The number of hydrogen-bond acceptors (Lipinski definition) is 3. The Morgan fingerprint density at radius 2 is 2.05 bits per heavy atom. The van der Waals surface area contributed by atoms with Gasteiger partial charge in [-0.3, -0.25) is 4.98 Å². The van der Waals surface area contributed by atoms with Gasteiger partial charge in [0.25, 0.3) is 0 Å². The highest BCUT2D eigenvalue weighted by Crippen LogP contribution is 2.22. The van der Waals surface area contributed by atoms with Crippen molar-refractivity contribution in [3.05, 3.63) is 66.1 Å². The molecule has 0 aliphatic carbocycles. The summed E-state index contributed by atoms with van der Waals surface area (Å²) in [5, 5.41) is 4.37. The van der Waals surface area contributed by atoms with Crippen LogP contribution in [0.1, 0.15) is 5.56 Å². The molecule has 0 unspecified atom stereocenters. The van der Waals surface area contributed by atoms with E-state index in [0.717, 1.165) is 22.2 Å². The number of nitrogens with one attached hydrogen (secondary N) is 1. The first-order valence-corrected chi connectivity index (χ1v) is 6.67. The van der Waals surface area contributed by atoms with Crippen LogP contribution in [0.15, 0.2) is 54.7 Å². The second-order valence-electron chi connectivity index (χ2n) is 4.73. The summed E-state index contributed by atoms with van der Waals surface area (Å²) in [6.45, 7) is 0.652. The quantitative estimate of drug-likeness (QED) is 0.785. The molecule has 0 fully saturated rings. The molecular formula is C17H15FN2O. The van der Waals surface area contributed by atoms with E-state index in [1.54, 1.807) is 18.3 Å². The van der Waals surface area contributed by atoms with E-state index in [1.807, 2.05) is 24.3 Å². The summed E-state index contributed by atoms with van der Waals surface area (Å²) in [6, 6.07) is 14.8. The van der Waals surface area contributed by atoms with Gasteiger partial charge in [-0.25, -0.2) is 4.39 Å². The van der Waals surface area contributed by atoms with E-state index < -0.39 is 0 Å². The first-order valence-electron chi connectivity index (χ1n) is 6.67. The molecule has 0 aliphatic heterocycles. The first kappa shape index (κ1) is 13.4.